The molecule has 1 aliphatic carbocycles. The van der Waals surface area contributed by atoms with Crippen LogP contribution in [0.1, 0.15) is 29.2 Å². The van der Waals surface area contributed by atoms with Crippen molar-refractivity contribution in [1.82, 2.24) is 4.90 Å². The predicted molar refractivity (Wildman–Crippen MR) is 79.1 cm³/mol. The van der Waals surface area contributed by atoms with Crippen molar-refractivity contribution < 1.29 is 0 Å². The van der Waals surface area contributed by atoms with E-state index in [2.05, 4.69) is 30.1 Å². The lowest BCUT2D eigenvalue weighted by molar-refractivity contribution is 0.237. The van der Waals surface area contributed by atoms with Crippen molar-refractivity contribution in [3.8, 4) is 0 Å². The molecule has 3 heteroatoms. The third-order valence-electron chi connectivity index (χ3n) is 4.37. The SMILES string of the molecule is CN1CCSCC1C(N)c1ccc2c(c1)CCC2. The number of nitrogens with zero attached hydrogens (tertiary/aromatic N) is 1. The van der Waals surface area contributed by atoms with Gasteiger partial charge in [0.05, 0.1) is 0 Å². The first kappa shape index (κ1) is 12.5. The highest BCUT2D eigenvalue weighted by atomic mass is 32.2. The number of fused-ring (bicyclic) bond motifs is 1. The molecule has 1 aromatic carbocycles. The van der Waals surface area contributed by atoms with Gasteiger partial charge in [0.1, 0.15) is 0 Å². The van der Waals surface area contributed by atoms with E-state index in [0.29, 0.717) is 6.04 Å². The number of thioether (sulfide) groups is 1. The lowest BCUT2D eigenvalue weighted by Crippen LogP contribution is -2.46. The highest BCUT2D eigenvalue weighted by Crippen LogP contribution is 2.29. The second-order valence-electron chi connectivity index (χ2n) is 5.53. The molecule has 1 aliphatic heterocycles. The van der Waals surface area contributed by atoms with Crippen molar-refractivity contribution in [2.24, 2.45) is 5.73 Å². The average molecular weight is 262 g/mol. The number of rotatable bonds is 2. The van der Waals surface area contributed by atoms with Crippen LogP contribution in [-0.2, 0) is 12.8 Å². The molecule has 2 aliphatic rings. The largest absolute Gasteiger partial charge is 0.323 e. The van der Waals surface area contributed by atoms with Gasteiger partial charge in [-0.05, 0) is 43.0 Å². The van der Waals surface area contributed by atoms with Crippen LogP contribution in [0.2, 0.25) is 0 Å². The Morgan fingerprint density at radius 1 is 1.33 bits per heavy atom. The van der Waals surface area contributed by atoms with Gasteiger partial charge >= 0.3 is 0 Å². The Balaban J connectivity index is 1.81. The molecule has 0 amide bonds. The molecule has 3 rings (SSSR count). The second-order valence-corrected chi connectivity index (χ2v) is 6.68. The molecule has 0 spiro atoms. The summed E-state index contributed by atoms with van der Waals surface area (Å²) in [6, 6.07) is 7.56. The third-order valence-corrected chi connectivity index (χ3v) is 5.41. The Kier molecular flexibility index (Phi) is 3.64. The summed E-state index contributed by atoms with van der Waals surface area (Å²) >= 11 is 2.03. The van der Waals surface area contributed by atoms with Gasteiger partial charge in [-0.1, -0.05) is 18.2 Å². The molecule has 1 aromatic rings. The number of hydrogen-bond acceptors (Lipinski definition) is 3. The number of benzene rings is 1. The summed E-state index contributed by atoms with van der Waals surface area (Å²) in [7, 11) is 2.21. The normalized spacial score (nSPS) is 26.0. The van der Waals surface area contributed by atoms with Crippen LogP contribution < -0.4 is 5.73 Å². The van der Waals surface area contributed by atoms with Crippen molar-refractivity contribution in [3.05, 3.63) is 34.9 Å². The molecule has 18 heavy (non-hydrogen) atoms. The fourth-order valence-electron chi connectivity index (χ4n) is 3.10. The van der Waals surface area contributed by atoms with Crippen molar-refractivity contribution in [3.63, 3.8) is 0 Å². The monoisotopic (exact) mass is 262 g/mol. The molecule has 0 aromatic heterocycles. The van der Waals surface area contributed by atoms with Gasteiger partial charge in [-0.15, -0.1) is 0 Å². The molecule has 98 valence electrons. The first-order valence-electron chi connectivity index (χ1n) is 6.91. The lowest BCUT2D eigenvalue weighted by Gasteiger charge is -2.36. The molecule has 0 bridgehead atoms. The third kappa shape index (κ3) is 2.31. The molecule has 2 atom stereocenters. The molecule has 2 N–H and O–H groups in total. The van der Waals surface area contributed by atoms with Crippen LogP contribution in [0.25, 0.3) is 0 Å². The Morgan fingerprint density at radius 3 is 3.00 bits per heavy atom. The summed E-state index contributed by atoms with van der Waals surface area (Å²) in [4.78, 5) is 2.42. The molecule has 0 radical (unpaired) electrons. The van der Waals surface area contributed by atoms with Crippen LogP contribution in [0.4, 0.5) is 0 Å². The minimum atomic E-state index is 0.161. The van der Waals surface area contributed by atoms with Crippen LogP contribution in [-0.4, -0.2) is 36.0 Å². The van der Waals surface area contributed by atoms with Crippen molar-refractivity contribution in [2.75, 3.05) is 25.1 Å². The summed E-state index contributed by atoms with van der Waals surface area (Å²) in [5.74, 6) is 2.40. The fraction of sp³-hybridized carbons (Fsp3) is 0.600. The lowest BCUT2D eigenvalue weighted by atomic mass is 9.96. The van der Waals surface area contributed by atoms with Gasteiger partial charge < -0.3 is 5.73 Å². The van der Waals surface area contributed by atoms with Gasteiger partial charge in [-0.2, -0.15) is 11.8 Å². The van der Waals surface area contributed by atoms with Crippen molar-refractivity contribution in [1.29, 1.82) is 0 Å². The number of aryl methyl sites for hydroxylation is 2. The quantitative estimate of drug-likeness (QED) is 0.886. The molecule has 2 nitrogen and oxygen atoms in total. The summed E-state index contributed by atoms with van der Waals surface area (Å²) in [5, 5.41) is 0. The highest BCUT2D eigenvalue weighted by molar-refractivity contribution is 7.99. The average Bonchev–Trinajstić information content (AvgIpc) is 2.85. The molecular weight excluding hydrogens is 240 g/mol. The van der Waals surface area contributed by atoms with Crippen LogP contribution in [0, 0.1) is 0 Å². The van der Waals surface area contributed by atoms with Gasteiger partial charge in [0.2, 0.25) is 0 Å². The van der Waals surface area contributed by atoms with Crippen LogP contribution in [0.15, 0.2) is 18.2 Å². The summed E-state index contributed by atoms with van der Waals surface area (Å²) in [6.45, 7) is 1.16. The Labute approximate surface area is 114 Å². The molecule has 1 heterocycles. The molecule has 1 fully saturated rings. The first-order valence-corrected chi connectivity index (χ1v) is 8.06. The topological polar surface area (TPSA) is 29.3 Å². The van der Waals surface area contributed by atoms with E-state index in [1.165, 1.54) is 41.7 Å². The van der Waals surface area contributed by atoms with E-state index in [9.17, 15) is 0 Å². The van der Waals surface area contributed by atoms with Gasteiger partial charge in [0.15, 0.2) is 0 Å². The van der Waals surface area contributed by atoms with Gasteiger partial charge in [-0.3, -0.25) is 4.90 Å². The molecule has 0 saturated carbocycles. The van der Waals surface area contributed by atoms with Crippen LogP contribution in [0.5, 0.6) is 0 Å². The molecule has 1 saturated heterocycles. The number of likely N-dealkylation sites (N-methyl/N-ethyl adjacent to an activating group) is 1. The standard InChI is InChI=1S/C15H22N2S/c1-17-7-8-18-10-14(17)15(16)13-6-5-11-3-2-4-12(11)9-13/h5-6,9,14-15H,2-4,7-8,10,16H2,1H3. The summed E-state index contributed by atoms with van der Waals surface area (Å²) in [5.41, 5.74) is 10.9. The molecular formula is C15H22N2S. The minimum Gasteiger partial charge on any atom is -0.323 e. The zero-order valence-corrected chi connectivity index (χ0v) is 11.9. The van der Waals surface area contributed by atoms with E-state index in [4.69, 9.17) is 5.73 Å². The predicted octanol–water partition coefficient (Wildman–Crippen LogP) is 2.22. The van der Waals surface area contributed by atoms with E-state index in [1.807, 2.05) is 11.8 Å². The maximum absolute atomic E-state index is 6.50. The smallest absolute Gasteiger partial charge is 0.0461 e. The number of nitrogens with two attached hydrogens (primary N) is 1. The van der Waals surface area contributed by atoms with E-state index in [1.54, 1.807) is 0 Å². The van der Waals surface area contributed by atoms with E-state index in [-0.39, 0.29) is 6.04 Å². The maximum atomic E-state index is 6.50. The summed E-state index contributed by atoms with van der Waals surface area (Å²) in [6.07, 6.45) is 3.81. The van der Waals surface area contributed by atoms with E-state index >= 15 is 0 Å². The Bertz CT molecular complexity index is 433. The number of hydrogen-bond donors (Lipinski definition) is 1. The highest BCUT2D eigenvalue weighted by Gasteiger charge is 2.27. The first-order chi connectivity index (χ1) is 8.75. The second kappa shape index (κ2) is 5.24. The van der Waals surface area contributed by atoms with Crippen LogP contribution in [0.3, 0.4) is 0 Å². The van der Waals surface area contributed by atoms with Gasteiger partial charge in [-0.25, -0.2) is 0 Å². The van der Waals surface area contributed by atoms with Crippen molar-refractivity contribution in [2.45, 2.75) is 31.3 Å². The zero-order valence-electron chi connectivity index (χ0n) is 11.1. The maximum Gasteiger partial charge on any atom is 0.0461 e. The van der Waals surface area contributed by atoms with Crippen LogP contribution >= 0.6 is 11.8 Å². The fourth-order valence-corrected chi connectivity index (χ4v) is 4.39. The zero-order chi connectivity index (χ0) is 12.5. The van der Waals surface area contributed by atoms with Crippen molar-refractivity contribution >= 4 is 11.8 Å². The molecule has 2 unspecified atom stereocenters. The Hall–Kier alpha value is -0.510. The van der Waals surface area contributed by atoms with Gasteiger partial charge in [0, 0.05) is 30.1 Å². The van der Waals surface area contributed by atoms with Gasteiger partial charge in [0.25, 0.3) is 0 Å². The van der Waals surface area contributed by atoms with E-state index < -0.39 is 0 Å². The minimum absolute atomic E-state index is 0.161. The summed E-state index contributed by atoms with van der Waals surface area (Å²) < 4.78 is 0. The Morgan fingerprint density at radius 2 is 2.17 bits per heavy atom. The van der Waals surface area contributed by atoms with E-state index in [0.717, 1.165) is 12.3 Å².